The lowest BCUT2D eigenvalue weighted by Gasteiger charge is -2.35. The number of aromatic nitrogens is 2. The molecule has 1 saturated carbocycles. The first-order chi connectivity index (χ1) is 22.0. The standard InChI is InChI=1S/C36H50N6O4/c1-25(24-46-36(2,3)4)42(35(44)45)23-27-12-10-26(11-13-27)21-38-34(43)30-20-32(39-31-9-7-6-8-29(30)31)28-14-15-33(37-22-28)41-18-16-40(5)17-19-41/h6-9,14-15,20,22,25-27H,10-13,16-19,21,23-24H2,1-5H3,(H,38,43)(H,44,45)/t25?,26-,27-. The molecule has 10 nitrogen and oxygen atoms in total. The molecule has 2 N–H and O–H groups in total. The van der Waals surface area contributed by atoms with Crippen LogP contribution in [0.1, 0.15) is 63.7 Å². The number of nitrogens with zero attached hydrogens (tertiary/aromatic N) is 5. The molecule has 0 radical (unpaired) electrons. The molecule has 2 aliphatic rings. The Morgan fingerprint density at radius 3 is 2.39 bits per heavy atom. The summed E-state index contributed by atoms with van der Waals surface area (Å²) in [7, 11) is 2.14. The number of rotatable bonds is 10. The topological polar surface area (TPSA) is 111 Å². The van der Waals surface area contributed by atoms with Gasteiger partial charge >= 0.3 is 6.09 Å². The largest absolute Gasteiger partial charge is 0.465 e. The maximum atomic E-state index is 13.6. The second kappa shape index (κ2) is 14.8. The van der Waals surface area contributed by atoms with Crippen LogP contribution in [0.5, 0.6) is 0 Å². The highest BCUT2D eigenvalue weighted by Gasteiger charge is 2.28. The minimum Gasteiger partial charge on any atom is -0.465 e. The van der Waals surface area contributed by atoms with Gasteiger partial charge in [-0.15, -0.1) is 0 Å². The molecule has 3 aromatic rings. The monoisotopic (exact) mass is 630 g/mol. The van der Waals surface area contributed by atoms with Gasteiger partial charge in [-0.25, -0.2) is 14.8 Å². The molecule has 1 saturated heterocycles. The number of carbonyl (C=O) groups is 2. The summed E-state index contributed by atoms with van der Waals surface area (Å²) in [5.74, 6) is 1.53. The van der Waals surface area contributed by atoms with Crippen molar-refractivity contribution >= 4 is 28.7 Å². The Bertz CT molecular complexity index is 1470. The highest BCUT2D eigenvalue weighted by molar-refractivity contribution is 6.07. The normalized spacial score (nSPS) is 20.0. The van der Waals surface area contributed by atoms with Crippen LogP contribution in [-0.4, -0.2) is 101 Å². The van der Waals surface area contributed by atoms with Crippen molar-refractivity contribution in [2.45, 2.75) is 65.0 Å². The number of carbonyl (C=O) groups excluding carboxylic acids is 1. The highest BCUT2D eigenvalue weighted by atomic mass is 16.5. The molecule has 1 aliphatic carbocycles. The molecule has 0 bridgehead atoms. The number of amides is 2. The highest BCUT2D eigenvalue weighted by Crippen LogP contribution is 2.30. The van der Waals surface area contributed by atoms with E-state index in [0.29, 0.717) is 37.1 Å². The predicted octanol–water partition coefficient (Wildman–Crippen LogP) is 5.77. The average Bonchev–Trinajstić information content (AvgIpc) is 3.05. The van der Waals surface area contributed by atoms with Crippen molar-refractivity contribution in [1.82, 2.24) is 25.1 Å². The van der Waals surface area contributed by atoms with Crippen LogP contribution in [0.25, 0.3) is 22.2 Å². The van der Waals surface area contributed by atoms with Gasteiger partial charge in [0.25, 0.3) is 5.91 Å². The van der Waals surface area contributed by atoms with E-state index in [2.05, 4.69) is 22.2 Å². The molecular weight excluding hydrogens is 580 g/mol. The van der Waals surface area contributed by atoms with Crippen LogP contribution >= 0.6 is 0 Å². The number of likely N-dealkylation sites (N-methyl/N-ethyl adjacent to an activating group) is 1. The van der Waals surface area contributed by atoms with Gasteiger partial charge in [-0.3, -0.25) is 4.79 Å². The van der Waals surface area contributed by atoms with Crippen molar-refractivity contribution in [3.05, 3.63) is 54.2 Å². The molecule has 1 aromatic carbocycles. The van der Waals surface area contributed by atoms with Crippen LogP contribution in [0.3, 0.4) is 0 Å². The van der Waals surface area contributed by atoms with Gasteiger partial charge < -0.3 is 29.9 Å². The Labute approximate surface area is 273 Å². The Morgan fingerprint density at radius 2 is 1.74 bits per heavy atom. The number of pyridine rings is 2. The summed E-state index contributed by atoms with van der Waals surface area (Å²) in [6, 6.07) is 13.5. The lowest BCUT2D eigenvalue weighted by atomic mass is 9.81. The van der Waals surface area contributed by atoms with Crippen LogP contribution in [0.4, 0.5) is 10.6 Å². The van der Waals surface area contributed by atoms with Crippen LogP contribution in [0.15, 0.2) is 48.7 Å². The third-order valence-corrected chi connectivity index (χ3v) is 9.34. The third-order valence-electron chi connectivity index (χ3n) is 9.34. The van der Waals surface area contributed by atoms with Gasteiger partial charge in [-0.1, -0.05) is 18.2 Å². The van der Waals surface area contributed by atoms with Crippen LogP contribution < -0.4 is 10.2 Å². The predicted molar refractivity (Wildman–Crippen MR) is 182 cm³/mol. The van der Waals surface area contributed by atoms with Gasteiger partial charge in [-0.2, -0.15) is 0 Å². The van der Waals surface area contributed by atoms with E-state index in [0.717, 1.165) is 79.8 Å². The Morgan fingerprint density at radius 1 is 1.04 bits per heavy atom. The number of fused-ring (bicyclic) bond motifs is 1. The zero-order valence-corrected chi connectivity index (χ0v) is 28.0. The number of anilines is 1. The summed E-state index contributed by atoms with van der Waals surface area (Å²) in [4.78, 5) is 41.4. The molecule has 2 amide bonds. The van der Waals surface area contributed by atoms with E-state index in [1.807, 2.05) is 76.4 Å². The number of carboxylic acid groups (broad SMARTS) is 1. The number of nitrogens with one attached hydrogen (secondary N) is 1. The molecule has 0 spiro atoms. The lowest BCUT2D eigenvalue weighted by molar-refractivity contribution is -0.0314. The summed E-state index contributed by atoms with van der Waals surface area (Å²) in [5.41, 5.74) is 2.69. The minimum atomic E-state index is -0.898. The maximum Gasteiger partial charge on any atom is 0.407 e. The summed E-state index contributed by atoms with van der Waals surface area (Å²) >= 11 is 0. The minimum absolute atomic E-state index is 0.103. The molecular formula is C36H50N6O4. The first-order valence-corrected chi connectivity index (χ1v) is 16.7. The molecule has 1 atom stereocenters. The van der Waals surface area contributed by atoms with Gasteiger partial charge in [0.15, 0.2) is 0 Å². The zero-order chi connectivity index (χ0) is 32.8. The van der Waals surface area contributed by atoms with Crippen molar-refractivity contribution < 1.29 is 19.4 Å². The fourth-order valence-corrected chi connectivity index (χ4v) is 6.41. The van der Waals surface area contributed by atoms with Crippen LogP contribution in [0.2, 0.25) is 0 Å². The van der Waals surface area contributed by atoms with E-state index in [1.165, 1.54) is 4.90 Å². The second-order valence-electron chi connectivity index (χ2n) is 14.1. The van der Waals surface area contributed by atoms with Crippen molar-refractivity contribution in [3.63, 3.8) is 0 Å². The summed E-state index contributed by atoms with van der Waals surface area (Å²) in [5, 5.41) is 13.9. The first kappa shape index (κ1) is 33.6. The van der Waals surface area contributed by atoms with Crippen molar-refractivity contribution in [1.29, 1.82) is 0 Å². The van der Waals surface area contributed by atoms with E-state index >= 15 is 0 Å². The van der Waals surface area contributed by atoms with Gasteiger partial charge in [-0.05, 0) is 96.5 Å². The van der Waals surface area contributed by atoms with E-state index < -0.39 is 6.09 Å². The van der Waals surface area contributed by atoms with Gasteiger partial charge in [0, 0.05) is 56.4 Å². The molecule has 10 heteroatoms. The Balaban J connectivity index is 1.19. The molecule has 46 heavy (non-hydrogen) atoms. The lowest BCUT2D eigenvalue weighted by Crippen LogP contribution is -2.45. The Kier molecular flexibility index (Phi) is 10.8. The maximum absolute atomic E-state index is 13.6. The molecule has 2 fully saturated rings. The van der Waals surface area contributed by atoms with Crippen molar-refractivity contribution in [3.8, 4) is 11.3 Å². The first-order valence-electron chi connectivity index (χ1n) is 16.7. The molecule has 3 heterocycles. The quantitative estimate of drug-likeness (QED) is 0.291. The second-order valence-corrected chi connectivity index (χ2v) is 14.1. The summed E-state index contributed by atoms with van der Waals surface area (Å²) in [6.07, 6.45) is 4.75. The molecule has 2 aromatic heterocycles. The number of ether oxygens (including phenoxy) is 1. The number of benzene rings is 1. The SMILES string of the molecule is CC(COC(C)(C)C)N(C[C@H]1CC[C@H](CNC(=O)c2cc(-c3ccc(N4CCN(C)CC4)nc3)nc3ccccc23)CC1)C(=O)O. The van der Waals surface area contributed by atoms with E-state index in [1.54, 1.807) is 0 Å². The van der Waals surface area contributed by atoms with Gasteiger partial charge in [0.2, 0.25) is 0 Å². The number of piperazine rings is 1. The smallest absolute Gasteiger partial charge is 0.407 e. The van der Waals surface area contributed by atoms with Gasteiger partial charge in [0.05, 0.1) is 35.0 Å². The van der Waals surface area contributed by atoms with E-state index in [9.17, 15) is 14.7 Å². The van der Waals surface area contributed by atoms with E-state index in [-0.39, 0.29) is 17.6 Å². The van der Waals surface area contributed by atoms with Crippen molar-refractivity contribution in [2.24, 2.45) is 11.8 Å². The molecule has 5 rings (SSSR count). The number of hydrogen-bond donors (Lipinski definition) is 2. The van der Waals surface area contributed by atoms with E-state index in [4.69, 9.17) is 14.7 Å². The van der Waals surface area contributed by atoms with Gasteiger partial charge in [0.1, 0.15) is 5.82 Å². The molecule has 1 aliphatic heterocycles. The molecule has 248 valence electrons. The Hall–Kier alpha value is -3.76. The van der Waals surface area contributed by atoms with Crippen LogP contribution in [0, 0.1) is 11.8 Å². The fourth-order valence-electron chi connectivity index (χ4n) is 6.41. The summed E-state index contributed by atoms with van der Waals surface area (Å²) in [6.45, 7) is 13.3. The average molecular weight is 631 g/mol. The fraction of sp³-hybridized carbons (Fsp3) is 0.556. The van der Waals surface area contributed by atoms with Crippen molar-refractivity contribution in [2.75, 3.05) is 57.8 Å². The zero-order valence-electron chi connectivity index (χ0n) is 28.0. The number of hydrogen-bond acceptors (Lipinski definition) is 7. The third kappa shape index (κ3) is 8.73. The summed E-state index contributed by atoms with van der Waals surface area (Å²) < 4.78 is 5.85. The number of para-hydroxylation sites is 1. The molecule has 1 unspecified atom stereocenters. The van der Waals surface area contributed by atoms with Crippen LogP contribution in [-0.2, 0) is 4.74 Å².